The summed E-state index contributed by atoms with van der Waals surface area (Å²) in [6.45, 7) is 1.57. The third kappa shape index (κ3) is 6.05. The smallest absolute Gasteiger partial charge is 0.287 e. The van der Waals surface area contributed by atoms with E-state index in [1.807, 2.05) is 0 Å². The molecule has 10 heteroatoms. The molecule has 0 radical (unpaired) electrons. The van der Waals surface area contributed by atoms with Gasteiger partial charge in [-0.25, -0.2) is 5.43 Å². The summed E-state index contributed by atoms with van der Waals surface area (Å²) in [6, 6.07) is 10.2. The lowest BCUT2D eigenvalue weighted by Crippen LogP contribution is -2.21. The van der Waals surface area contributed by atoms with Crippen LogP contribution in [0.2, 0.25) is 10.0 Å². The van der Waals surface area contributed by atoms with Gasteiger partial charge in [0.25, 0.3) is 11.6 Å². The summed E-state index contributed by atoms with van der Waals surface area (Å²) >= 11 is 11.5. The highest BCUT2D eigenvalue weighted by Crippen LogP contribution is 2.24. The minimum absolute atomic E-state index is 0.0378. The van der Waals surface area contributed by atoms with Crippen LogP contribution >= 0.6 is 23.2 Å². The lowest BCUT2D eigenvalue weighted by molar-refractivity contribution is -0.384. The molecule has 0 bridgehead atoms. The molecule has 0 aliphatic heterocycles. The van der Waals surface area contributed by atoms with Crippen molar-refractivity contribution < 1.29 is 14.5 Å². The maximum absolute atomic E-state index is 12.0. The molecule has 2 aromatic rings. The van der Waals surface area contributed by atoms with Crippen molar-refractivity contribution in [3.8, 4) is 0 Å². The largest absolute Gasteiger partial charge is 0.326 e. The van der Waals surface area contributed by atoms with Gasteiger partial charge in [0.15, 0.2) is 0 Å². The lowest BCUT2D eigenvalue weighted by atomic mass is 10.2. The number of rotatable bonds is 6. The third-order valence-electron chi connectivity index (χ3n) is 3.30. The first kappa shape index (κ1) is 20.3. The van der Waals surface area contributed by atoms with Crippen LogP contribution in [0.5, 0.6) is 0 Å². The molecule has 140 valence electrons. The monoisotopic (exact) mass is 408 g/mol. The van der Waals surface area contributed by atoms with Crippen molar-refractivity contribution in [2.24, 2.45) is 5.10 Å². The maximum Gasteiger partial charge on any atom is 0.287 e. The number of hydrogen-bond acceptors (Lipinski definition) is 5. The number of hydrazone groups is 1. The van der Waals surface area contributed by atoms with Gasteiger partial charge in [0.1, 0.15) is 5.02 Å². The number of hydrogen-bond donors (Lipinski definition) is 2. The van der Waals surface area contributed by atoms with Gasteiger partial charge >= 0.3 is 0 Å². The highest BCUT2D eigenvalue weighted by Gasteiger charge is 2.15. The minimum Gasteiger partial charge on any atom is -0.326 e. The van der Waals surface area contributed by atoms with E-state index in [1.165, 1.54) is 12.1 Å². The molecule has 0 aromatic heterocycles. The van der Waals surface area contributed by atoms with Crippen LogP contribution < -0.4 is 10.7 Å². The quantitative estimate of drug-likeness (QED) is 0.426. The molecule has 2 aromatic carbocycles. The van der Waals surface area contributed by atoms with E-state index in [9.17, 15) is 19.7 Å². The molecule has 0 saturated heterocycles. The fourth-order valence-corrected chi connectivity index (χ4v) is 2.39. The number of amides is 2. The Balaban J connectivity index is 1.93. The summed E-state index contributed by atoms with van der Waals surface area (Å²) in [5, 5.41) is 17.6. The van der Waals surface area contributed by atoms with Gasteiger partial charge in [0.05, 0.1) is 11.3 Å². The lowest BCUT2D eigenvalue weighted by Gasteiger charge is -2.06. The van der Waals surface area contributed by atoms with Gasteiger partial charge in [-0.2, -0.15) is 5.10 Å². The summed E-state index contributed by atoms with van der Waals surface area (Å²) in [5.74, 6) is -0.921. The second-order valence-electron chi connectivity index (χ2n) is 5.44. The van der Waals surface area contributed by atoms with Gasteiger partial charge < -0.3 is 5.32 Å². The van der Waals surface area contributed by atoms with Gasteiger partial charge in [-0.05, 0) is 43.3 Å². The summed E-state index contributed by atoms with van der Waals surface area (Å²) in [5.41, 5.74) is 3.03. The van der Waals surface area contributed by atoms with Crippen molar-refractivity contribution in [2.45, 2.75) is 13.3 Å². The Hall–Kier alpha value is -2.97. The van der Waals surface area contributed by atoms with Crippen LogP contribution in [0.3, 0.4) is 0 Å². The average Bonchev–Trinajstić information content (AvgIpc) is 2.61. The van der Waals surface area contributed by atoms with Gasteiger partial charge in [-0.1, -0.05) is 23.2 Å². The highest BCUT2D eigenvalue weighted by molar-refractivity contribution is 6.33. The van der Waals surface area contributed by atoms with Crippen LogP contribution in [0.4, 0.5) is 11.4 Å². The molecule has 0 aliphatic carbocycles. The van der Waals surface area contributed by atoms with Crippen molar-refractivity contribution >= 4 is 52.1 Å². The fraction of sp³-hybridized carbons (Fsp3) is 0.118. The zero-order chi connectivity index (χ0) is 20.0. The summed E-state index contributed by atoms with van der Waals surface area (Å²) < 4.78 is 0. The van der Waals surface area contributed by atoms with Crippen molar-refractivity contribution in [3.63, 3.8) is 0 Å². The second kappa shape index (κ2) is 9.11. The molecule has 8 nitrogen and oxygen atoms in total. The van der Waals surface area contributed by atoms with Crippen LogP contribution in [0.25, 0.3) is 0 Å². The Kier molecular flexibility index (Phi) is 6.86. The molecule has 27 heavy (non-hydrogen) atoms. The van der Waals surface area contributed by atoms with Crippen molar-refractivity contribution in [1.29, 1.82) is 0 Å². The topological polar surface area (TPSA) is 114 Å². The Bertz CT molecular complexity index is 914. The normalized spacial score (nSPS) is 11.0. The first-order valence-electron chi connectivity index (χ1n) is 7.59. The Morgan fingerprint density at radius 1 is 1.15 bits per heavy atom. The standard InChI is InChI=1S/C17H14Cl2N4O4/c1-10(8-16(24)20-13-5-3-12(18)4-6-13)21-22-17(25)11-2-7-15(23(26)27)14(19)9-11/h2-7,9H,8H2,1H3,(H,20,24)(H,22,25)/b21-10-. The van der Waals surface area contributed by atoms with Gasteiger partial charge in [0, 0.05) is 28.1 Å². The van der Waals surface area contributed by atoms with E-state index in [-0.39, 0.29) is 28.6 Å². The predicted octanol–water partition coefficient (Wildman–Crippen LogP) is 4.04. The van der Waals surface area contributed by atoms with Crippen LogP contribution in [0.1, 0.15) is 23.7 Å². The number of nitrogens with one attached hydrogen (secondary N) is 2. The Morgan fingerprint density at radius 2 is 1.81 bits per heavy atom. The molecular weight excluding hydrogens is 395 g/mol. The van der Waals surface area contributed by atoms with Crippen LogP contribution in [-0.4, -0.2) is 22.4 Å². The van der Waals surface area contributed by atoms with E-state index >= 15 is 0 Å². The molecule has 0 fully saturated rings. The molecule has 0 atom stereocenters. The molecule has 0 unspecified atom stereocenters. The number of carbonyl (C=O) groups is 2. The minimum atomic E-state index is -0.647. The average molecular weight is 409 g/mol. The van der Waals surface area contributed by atoms with E-state index < -0.39 is 10.8 Å². The number of anilines is 1. The van der Waals surface area contributed by atoms with E-state index in [0.29, 0.717) is 16.4 Å². The number of nitro groups is 1. The molecule has 2 rings (SSSR count). The summed E-state index contributed by atoms with van der Waals surface area (Å²) in [4.78, 5) is 34.1. The number of benzene rings is 2. The van der Waals surface area contributed by atoms with Gasteiger partial charge in [0.2, 0.25) is 5.91 Å². The molecule has 0 saturated carbocycles. The Morgan fingerprint density at radius 3 is 2.41 bits per heavy atom. The van der Waals surface area contributed by atoms with E-state index in [2.05, 4.69) is 15.8 Å². The summed E-state index contributed by atoms with van der Waals surface area (Å²) in [6.07, 6.45) is -0.0378. The summed E-state index contributed by atoms with van der Waals surface area (Å²) in [7, 11) is 0. The maximum atomic E-state index is 12.0. The number of carbonyl (C=O) groups excluding carboxylic acids is 2. The molecule has 2 N–H and O–H groups in total. The van der Waals surface area contributed by atoms with Gasteiger partial charge in [-0.3, -0.25) is 19.7 Å². The zero-order valence-electron chi connectivity index (χ0n) is 14.0. The van der Waals surface area contributed by atoms with E-state index in [0.717, 1.165) is 6.07 Å². The molecule has 2 amide bonds. The fourth-order valence-electron chi connectivity index (χ4n) is 2.02. The van der Waals surface area contributed by atoms with Crippen LogP contribution in [0.15, 0.2) is 47.6 Å². The molecule has 0 heterocycles. The van der Waals surface area contributed by atoms with Crippen LogP contribution in [-0.2, 0) is 4.79 Å². The van der Waals surface area contributed by atoms with Crippen molar-refractivity contribution in [3.05, 3.63) is 68.2 Å². The number of nitrogens with zero attached hydrogens (tertiary/aromatic N) is 2. The van der Waals surface area contributed by atoms with Crippen LogP contribution in [0, 0.1) is 10.1 Å². The van der Waals surface area contributed by atoms with E-state index in [4.69, 9.17) is 23.2 Å². The number of nitro benzene ring substituents is 1. The highest BCUT2D eigenvalue weighted by atomic mass is 35.5. The zero-order valence-corrected chi connectivity index (χ0v) is 15.5. The van der Waals surface area contributed by atoms with Crippen molar-refractivity contribution in [2.75, 3.05) is 5.32 Å². The first-order chi connectivity index (χ1) is 12.8. The predicted molar refractivity (Wildman–Crippen MR) is 103 cm³/mol. The first-order valence-corrected chi connectivity index (χ1v) is 8.34. The van der Waals surface area contributed by atoms with Crippen molar-refractivity contribution in [1.82, 2.24) is 5.43 Å². The molecule has 0 spiro atoms. The Labute approximate surface area is 164 Å². The molecular formula is C17H14Cl2N4O4. The SMILES string of the molecule is C/C(CC(=O)Nc1ccc(Cl)cc1)=N/NC(=O)c1ccc([N+](=O)[O-])c(Cl)c1. The third-order valence-corrected chi connectivity index (χ3v) is 3.85. The molecule has 0 aliphatic rings. The van der Waals surface area contributed by atoms with E-state index in [1.54, 1.807) is 31.2 Å². The van der Waals surface area contributed by atoms with Gasteiger partial charge in [-0.15, -0.1) is 0 Å². The second-order valence-corrected chi connectivity index (χ2v) is 6.29. The number of halogens is 2.